The third-order valence-corrected chi connectivity index (χ3v) is 3.13. The van der Waals surface area contributed by atoms with E-state index in [1.54, 1.807) is 7.05 Å². The van der Waals surface area contributed by atoms with Gasteiger partial charge in [-0.2, -0.15) is 0 Å². The van der Waals surface area contributed by atoms with Gasteiger partial charge >= 0.3 is 0 Å². The summed E-state index contributed by atoms with van der Waals surface area (Å²) in [4.78, 5) is 7.32. The SMILES string of the molecule is CCNCCc1c[nH]c2ccc(C(N)=NC)cc12.Cl.Cl. The summed E-state index contributed by atoms with van der Waals surface area (Å²) in [7, 11) is 1.71. The van der Waals surface area contributed by atoms with Gasteiger partial charge in [0.05, 0.1) is 0 Å². The van der Waals surface area contributed by atoms with E-state index in [0.29, 0.717) is 5.84 Å². The highest BCUT2D eigenvalue weighted by Crippen LogP contribution is 2.20. The Hall–Kier alpha value is -1.23. The Bertz CT molecular complexity index is 563. The molecule has 112 valence electrons. The van der Waals surface area contributed by atoms with Crippen molar-refractivity contribution in [2.24, 2.45) is 10.7 Å². The highest BCUT2D eigenvalue weighted by molar-refractivity contribution is 6.01. The number of rotatable bonds is 5. The summed E-state index contributed by atoms with van der Waals surface area (Å²) >= 11 is 0. The molecule has 1 aromatic carbocycles. The van der Waals surface area contributed by atoms with Crippen molar-refractivity contribution in [1.29, 1.82) is 0 Å². The van der Waals surface area contributed by atoms with Crippen molar-refractivity contribution in [2.75, 3.05) is 20.1 Å². The maximum absolute atomic E-state index is 5.85. The second-order valence-electron chi connectivity index (χ2n) is 4.29. The Balaban J connectivity index is 0.00000180. The van der Waals surface area contributed by atoms with E-state index in [2.05, 4.69) is 40.5 Å². The van der Waals surface area contributed by atoms with Crippen LogP contribution in [-0.2, 0) is 6.42 Å². The lowest BCUT2D eigenvalue weighted by Gasteiger charge is -2.03. The lowest BCUT2D eigenvalue weighted by atomic mass is 10.1. The molecule has 0 aliphatic rings. The van der Waals surface area contributed by atoms with Crippen LogP contribution in [0.1, 0.15) is 18.1 Å². The molecule has 0 unspecified atom stereocenters. The minimum Gasteiger partial charge on any atom is -0.384 e. The number of hydrogen-bond acceptors (Lipinski definition) is 2. The van der Waals surface area contributed by atoms with Gasteiger partial charge in [0.15, 0.2) is 0 Å². The molecule has 0 radical (unpaired) electrons. The quantitative estimate of drug-likeness (QED) is 0.451. The summed E-state index contributed by atoms with van der Waals surface area (Å²) in [5.41, 5.74) is 9.30. The van der Waals surface area contributed by atoms with E-state index in [-0.39, 0.29) is 24.8 Å². The van der Waals surface area contributed by atoms with Crippen molar-refractivity contribution in [2.45, 2.75) is 13.3 Å². The van der Waals surface area contributed by atoms with Gasteiger partial charge in [-0.3, -0.25) is 4.99 Å². The number of aromatic amines is 1. The monoisotopic (exact) mass is 316 g/mol. The van der Waals surface area contributed by atoms with Crippen LogP contribution in [0.25, 0.3) is 10.9 Å². The van der Waals surface area contributed by atoms with Crippen LogP contribution in [0.15, 0.2) is 29.4 Å². The van der Waals surface area contributed by atoms with E-state index >= 15 is 0 Å². The molecule has 0 bridgehead atoms. The number of aliphatic imine (C=N–C) groups is 1. The largest absolute Gasteiger partial charge is 0.384 e. The highest BCUT2D eigenvalue weighted by atomic mass is 35.5. The summed E-state index contributed by atoms with van der Waals surface area (Å²) in [6.07, 6.45) is 3.09. The molecule has 0 saturated heterocycles. The standard InChI is InChI=1S/C14H20N4.2ClH/c1-3-17-7-6-11-9-18-13-5-4-10(8-12(11)13)14(15)16-2;;/h4-5,8-9,17-18H,3,6-7H2,1-2H3,(H2,15,16);2*1H. The minimum atomic E-state index is 0. The summed E-state index contributed by atoms with van der Waals surface area (Å²) < 4.78 is 0. The molecule has 0 atom stereocenters. The summed E-state index contributed by atoms with van der Waals surface area (Å²) in [5, 5.41) is 4.57. The van der Waals surface area contributed by atoms with Gasteiger partial charge in [0.25, 0.3) is 0 Å². The number of nitrogens with one attached hydrogen (secondary N) is 2. The first-order chi connectivity index (χ1) is 8.76. The molecule has 1 heterocycles. The zero-order valence-corrected chi connectivity index (χ0v) is 13.4. The van der Waals surface area contributed by atoms with Gasteiger partial charge in [0, 0.05) is 29.7 Å². The van der Waals surface area contributed by atoms with Gasteiger partial charge in [0.1, 0.15) is 5.84 Å². The molecule has 0 saturated carbocycles. The lowest BCUT2D eigenvalue weighted by Crippen LogP contribution is -2.16. The van der Waals surface area contributed by atoms with Crippen molar-refractivity contribution in [3.8, 4) is 0 Å². The van der Waals surface area contributed by atoms with Gasteiger partial charge < -0.3 is 16.0 Å². The van der Waals surface area contributed by atoms with Crippen molar-refractivity contribution in [1.82, 2.24) is 10.3 Å². The number of halogens is 2. The molecule has 2 aromatic rings. The van der Waals surface area contributed by atoms with Crippen LogP contribution in [0.3, 0.4) is 0 Å². The van der Waals surface area contributed by atoms with Crippen LogP contribution in [0.5, 0.6) is 0 Å². The molecule has 4 N–H and O–H groups in total. The van der Waals surface area contributed by atoms with E-state index in [1.165, 1.54) is 10.9 Å². The predicted octanol–water partition coefficient (Wildman–Crippen LogP) is 2.50. The number of aromatic nitrogens is 1. The van der Waals surface area contributed by atoms with Crippen LogP contribution >= 0.6 is 24.8 Å². The fourth-order valence-corrected chi connectivity index (χ4v) is 2.07. The van der Waals surface area contributed by atoms with Crippen molar-refractivity contribution >= 4 is 41.6 Å². The first kappa shape index (κ1) is 18.8. The van der Waals surface area contributed by atoms with Crippen LogP contribution in [0.2, 0.25) is 0 Å². The molecular weight excluding hydrogens is 295 g/mol. The Morgan fingerprint density at radius 2 is 2.10 bits per heavy atom. The molecule has 6 heteroatoms. The maximum Gasteiger partial charge on any atom is 0.125 e. The Morgan fingerprint density at radius 1 is 1.35 bits per heavy atom. The van der Waals surface area contributed by atoms with Crippen molar-refractivity contribution in [3.05, 3.63) is 35.5 Å². The molecule has 0 amide bonds. The Morgan fingerprint density at radius 3 is 2.75 bits per heavy atom. The highest BCUT2D eigenvalue weighted by Gasteiger charge is 2.06. The van der Waals surface area contributed by atoms with Crippen molar-refractivity contribution in [3.63, 3.8) is 0 Å². The van der Waals surface area contributed by atoms with Crippen LogP contribution in [0.4, 0.5) is 0 Å². The summed E-state index contributed by atoms with van der Waals surface area (Å²) in [5.74, 6) is 0.579. The summed E-state index contributed by atoms with van der Waals surface area (Å²) in [6.45, 7) is 4.11. The van der Waals surface area contributed by atoms with Gasteiger partial charge in [-0.1, -0.05) is 6.92 Å². The number of benzene rings is 1. The van der Waals surface area contributed by atoms with Crippen LogP contribution in [-0.4, -0.2) is 31.0 Å². The first-order valence-corrected chi connectivity index (χ1v) is 6.29. The van der Waals surface area contributed by atoms with Crippen molar-refractivity contribution < 1.29 is 0 Å². The molecule has 0 aliphatic carbocycles. The smallest absolute Gasteiger partial charge is 0.125 e. The Labute approximate surface area is 132 Å². The molecule has 20 heavy (non-hydrogen) atoms. The first-order valence-electron chi connectivity index (χ1n) is 6.29. The van der Waals surface area contributed by atoms with E-state index < -0.39 is 0 Å². The molecule has 4 nitrogen and oxygen atoms in total. The average molecular weight is 317 g/mol. The minimum absolute atomic E-state index is 0. The molecular formula is C14H22Cl2N4. The number of likely N-dealkylation sites (N-methyl/N-ethyl adjacent to an activating group) is 1. The van der Waals surface area contributed by atoms with Crippen LogP contribution < -0.4 is 11.1 Å². The number of hydrogen-bond donors (Lipinski definition) is 3. The van der Waals surface area contributed by atoms with Gasteiger partial charge in [-0.25, -0.2) is 0 Å². The zero-order valence-electron chi connectivity index (χ0n) is 11.8. The average Bonchev–Trinajstić information content (AvgIpc) is 2.81. The second-order valence-corrected chi connectivity index (χ2v) is 4.29. The van der Waals surface area contributed by atoms with E-state index in [9.17, 15) is 0 Å². The zero-order chi connectivity index (χ0) is 13.0. The summed E-state index contributed by atoms with van der Waals surface area (Å²) in [6, 6.07) is 6.16. The fourth-order valence-electron chi connectivity index (χ4n) is 2.07. The number of nitrogens with zero attached hydrogens (tertiary/aromatic N) is 1. The Kier molecular flexibility index (Phi) is 8.30. The number of fused-ring (bicyclic) bond motifs is 1. The second kappa shape index (κ2) is 8.84. The number of amidine groups is 1. The number of H-pyrrole nitrogens is 1. The number of nitrogens with two attached hydrogens (primary N) is 1. The molecule has 2 rings (SSSR count). The predicted molar refractivity (Wildman–Crippen MR) is 91.7 cm³/mol. The molecule has 0 fully saturated rings. The third kappa shape index (κ3) is 4.13. The van der Waals surface area contributed by atoms with Gasteiger partial charge in [-0.05, 0) is 43.3 Å². The van der Waals surface area contributed by atoms with E-state index in [0.717, 1.165) is 30.6 Å². The topological polar surface area (TPSA) is 66.2 Å². The van der Waals surface area contributed by atoms with E-state index in [4.69, 9.17) is 5.73 Å². The normalized spacial score (nSPS) is 11.0. The molecule has 1 aromatic heterocycles. The third-order valence-electron chi connectivity index (χ3n) is 3.13. The molecule has 0 aliphatic heterocycles. The van der Waals surface area contributed by atoms with E-state index in [1.807, 2.05) is 6.07 Å². The lowest BCUT2D eigenvalue weighted by molar-refractivity contribution is 0.718. The molecule has 0 spiro atoms. The fraction of sp³-hybridized carbons (Fsp3) is 0.357. The maximum atomic E-state index is 5.85. The van der Waals surface area contributed by atoms with Crippen LogP contribution in [0, 0.1) is 0 Å². The van der Waals surface area contributed by atoms with Gasteiger partial charge in [-0.15, -0.1) is 24.8 Å². The van der Waals surface area contributed by atoms with Gasteiger partial charge in [0.2, 0.25) is 0 Å².